The van der Waals surface area contributed by atoms with E-state index in [0.29, 0.717) is 5.92 Å². The van der Waals surface area contributed by atoms with Gasteiger partial charge in [0.1, 0.15) is 5.75 Å². The first-order valence-corrected chi connectivity index (χ1v) is 5.61. The molecule has 17 heavy (non-hydrogen) atoms. The number of hydrogen-bond acceptors (Lipinski definition) is 3. The predicted molar refractivity (Wildman–Crippen MR) is 68.6 cm³/mol. The molecule has 0 aliphatic rings. The summed E-state index contributed by atoms with van der Waals surface area (Å²) in [5.41, 5.74) is 8.65. The summed E-state index contributed by atoms with van der Waals surface area (Å²) in [7, 11) is 1.65. The molecule has 0 spiro atoms. The molecule has 2 rings (SSSR count). The van der Waals surface area contributed by atoms with E-state index in [1.807, 2.05) is 28.9 Å². The van der Waals surface area contributed by atoms with Gasteiger partial charge in [0, 0.05) is 6.07 Å². The average molecular weight is 231 g/mol. The van der Waals surface area contributed by atoms with Crippen molar-refractivity contribution in [3.63, 3.8) is 0 Å². The molecule has 0 amide bonds. The molecular weight excluding hydrogens is 214 g/mol. The van der Waals surface area contributed by atoms with Gasteiger partial charge in [0.25, 0.3) is 0 Å². The molecule has 90 valence electrons. The lowest BCUT2D eigenvalue weighted by Gasteiger charge is -2.12. The van der Waals surface area contributed by atoms with Gasteiger partial charge >= 0.3 is 0 Å². The Balaban J connectivity index is 2.52. The second-order valence-corrected chi connectivity index (χ2v) is 4.25. The summed E-state index contributed by atoms with van der Waals surface area (Å²) in [5, 5.41) is 4.32. The molecule has 0 atom stereocenters. The fraction of sp³-hybridized carbons (Fsp3) is 0.308. The maximum atomic E-state index is 5.94. The Hall–Kier alpha value is -1.97. The van der Waals surface area contributed by atoms with E-state index in [9.17, 15) is 0 Å². The summed E-state index contributed by atoms with van der Waals surface area (Å²) in [6.07, 6.45) is 1.69. The lowest BCUT2D eigenvalue weighted by atomic mass is 10.1. The van der Waals surface area contributed by atoms with Crippen LogP contribution in [0.15, 0.2) is 30.5 Å². The quantitative estimate of drug-likeness (QED) is 0.883. The van der Waals surface area contributed by atoms with Crippen LogP contribution < -0.4 is 10.5 Å². The van der Waals surface area contributed by atoms with Gasteiger partial charge in [0.2, 0.25) is 0 Å². The molecule has 1 aromatic carbocycles. The van der Waals surface area contributed by atoms with Gasteiger partial charge < -0.3 is 10.5 Å². The van der Waals surface area contributed by atoms with Crippen LogP contribution in [0, 0.1) is 0 Å². The van der Waals surface area contributed by atoms with E-state index >= 15 is 0 Å². The summed E-state index contributed by atoms with van der Waals surface area (Å²) in [6, 6.07) is 7.78. The van der Waals surface area contributed by atoms with Crippen molar-refractivity contribution in [1.29, 1.82) is 0 Å². The van der Waals surface area contributed by atoms with Gasteiger partial charge in [-0.25, -0.2) is 4.68 Å². The third-order valence-corrected chi connectivity index (χ3v) is 2.68. The number of ether oxygens (including phenoxy) is 1. The molecule has 0 fully saturated rings. The maximum Gasteiger partial charge on any atom is 0.121 e. The van der Waals surface area contributed by atoms with E-state index in [1.54, 1.807) is 13.3 Å². The fourth-order valence-corrected chi connectivity index (χ4v) is 1.90. The van der Waals surface area contributed by atoms with E-state index in [1.165, 1.54) is 0 Å². The fourth-order valence-electron chi connectivity index (χ4n) is 1.90. The Morgan fingerprint density at radius 3 is 2.76 bits per heavy atom. The highest BCUT2D eigenvalue weighted by molar-refractivity contribution is 5.49. The smallest absolute Gasteiger partial charge is 0.121 e. The molecule has 1 heterocycles. The Bertz CT molecular complexity index is 517. The first-order valence-electron chi connectivity index (χ1n) is 5.61. The number of nitrogens with two attached hydrogens (primary N) is 1. The summed E-state index contributed by atoms with van der Waals surface area (Å²) in [4.78, 5) is 0. The van der Waals surface area contributed by atoms with Crippen molar-refractivity contribution < 1.29 is 4.74 Å². The molecule has 0 radical (unpaired) electrons. The van der Waals surface area contributed by atoms with E-state index in [-0.39, 0.29) is 0 Å². The number of aromatic nitrogens is 2. The van der Waals surface area contributed by atoms with Gasteiger partial charge in [-0.05, 0) is 18.1 Å². The highest BCUT2D eigenvalue weighted by Gasteiger charge is 2.13. The van der Waals surface area contributed by atoms with Gasteiger partial charge in [-0.3, -0.25) is 0 Å². The molecule has 4 nitrogen and oxygen atoms in total. The van der Waals surface area contributed by atoms with Crippen LogP contribution >= 0.6 is 0 Å². The van der Waals surface area contributed by atoms with Gasteiger partial charge in [-0.2, -0.15) is 5.10 Å². The van der Waals surface area contributed by atoms with Crippen molar-refractivity contribution in [1.82, 2.24) is 9.78 Å². The van der Waals surface area contributed by atoms with Crippen molar-refractivity contribution in [3.8, 4) is 11.4 Å². The maximum absolute atomic E-state index is 5.94. The minimum absolute atomic E-state index is 0.323. The molecule has 0 bridgehead atoms. The summed E-state index contributed by atoms with van der Waals surface area (Å²) in [5.74, 6) is 1.13. The number of anilines is 1. The molecule has 0 aliphatic heterocycles. The van der Waals surface area contributed by atoms with Crippen LogP contribution in [0.3, 0.4) is 0 Å². The van der Waals surface area contributed by atoms with Crippen molar-refractivity contribution >= 4 is 5.69 Å². The first kappa shape index (κ1) is 11.5. The second kappa shape index (κ2) is 4.49. The molecular formula is C13H17N3O. The Kier molecular flexibility index (Phi) is 3.04. The average Bonchev–Trinajstić information content (AvgIpc) is 2.71. The van der Waals surface area contributed by atoms with Crippen molar-refractivity contribution in [3.05, 3.63) is 36.2 Å². The number of hydrogen-bond donors (Lipinski definition) is 1. The van der Waals surface area contributed by atoms with Crippen molar-refractivity contribution in [2.24, 2.45) is 0 Å². The highest BCUT2D eigenvalue weighted by atomic mass is 16.5. The van der Waals surface area contributed by atoms with Crippen LogP contribution in [-0.4, -0.2) is 16.9 Å². The first-order chi connectivity index (χ1) is 8.13. The number of benzene rings is 1. The molecule has 0 unspecified atom stereocenters. The molecule has 2 aromatic rings. The summed E-state index contributed by atoms with van der Waals surface area (Å²) < 4.78 is 7.07. The molecule has 0 aliphatic carbocycles. The van der Waals surface area contributed by atoms with Crippen LogP contribution in [0.2, 0.25) is 0 Å². The zero-order chi connectivity index (χ0) is 12.4. The summed E-state index contributed by atoms with van der Waals surface area (Å²) in [6.45, 7) is 4.20. The summed E-state index contributed by atoms with van der Waals surface area (Å²) >= 11 is 0. The largest absolute Gasteiger partial charge is 0.497 e. The van der Waals surface area contributed by atoms with Gasteiger partial charge in [-0.1, -0.05) is 19.9 Å². The molecule has 1 aromatic heterocycles. The van der Waals surface area contributed by atoms with Gasteiger partial charge in [-0.15, -0.1) is 0 Å². The topological polar surface area (TPSA) is 53.1 Å². The third-order valence-electron chi connectivity index (χ3n) is 2.68. The Labute approximate surface area is 101 Å². The van der Waals surface area contributed by atoms with Crippen LogP contribution in [0.4, 0.5) is 5.69 Å². The van der Waals surface area contributed by atoms with Crippen molar-refractivity contribution in [2.45, 2.75) is 19.8 Å². The monoisotopic (exact) mass is 231 g/mol. The lowest BCUT2D eigenvalue weighted by Crippen LogP contribution is -2.05. The number of methoxy groups -OCH3 is 1. The Morgan fingerprint density at radius 1 is 1.35 bits per heavy atom. The minimum Gasteiger partial charge on any atom is -0.497 e. The van der Waals surface area contributed by atoms with Crippen molar-refractivity contribution in [2.75, 3.05) is 12.8 Å². The number of nitrogens with zero attached hydrogens (tertiary/aromatic N) is 2. The Morgan fingerprint density at radius 2 is 2.12 bits per heavy atom. The normalized spacial score (nSPS) is 10.8. The van der Waals surface area contributed by atoms with E-state index < -0.39 is 0 Å². The number of rotatable bonds is 3. The zero-order valence-electron chi connectivity index (χ0n) is 10.3. The third kappa shape index (κ3) is 2.11. The SMILES string of the molecule is COc1cccc(-n2ncc(N)c2C(C)C)c1. The molecule has 0 saturated carbocycles. The van der Waals surface area contributed by atoms with Gasteiger partial charge in [0.15, 0.2) is 0 Å². The molecule has 4 heteroatoms. The standard InChI is InChI=1S/C13H17N3O/c1-9(2)13-12(14)8-15-16(13)10-5-4-6-11(7-10)17-3/h4-9H,14H2,1-3H3. The van der Waals surface area contributed by atoms with Crippen LogP contribution in [0.1, 0.15) is 25.5 Å². The predicted octanol–water partition coefficient (Wildman–Crippen LogP) is 2.59. The lowest BCUT2D eigenvalue weighted by molar-refractivity contribution is 0.414. The zero-order valence-corrected chi connectivity index (χ0v) is 10.3. The molecule has 2 N–H and O–H groups in total. The van der Waals surface area contributed by atoms with E-state index in [4.69, 9.17) is 10.5 Å². The van der Waals surface area contributed by atoms with Gasteiger partial charge in [0.05, 0.1) is 30.4 Å². The second-order valence-electron chi connectivity index (χ2n) is 4.25. The van der Waals surface area contributed by atoms with E-state index in [0.717, 1.165) is 22.8 Å². The van der Waals surface area contributed by atoms with Crippen LogP contribution in [0.25, 0.3) is 5.69 Å². The molecule has 0 saturated heterocycles. The number of nitrogen functional groups attached to an aromatic ring is 1. The van der Waals surface area contributed by atoms with E-state index in [2.05, 4.69) is 18.9 Å². The minimum atomic E-state index is 0.323. The van der Waals surface area contributed by atoms with Crippen LogP contribution in [0.5, 0.6) is 5.75 Å². The van der Waals surface area contributed by atoms with Crippen LogP contribution in [-0.2, 0) is 0 Å². The highest BCUT2D eigenvalue weighted by Crippen LogP contribution is 2.25.